The molecule has 13 heteroatoms. The minimum Gasteiger partial charge on any atom is -0.447 e. The lowest BCUT2D eigenvalue weighted by atomic mass is 9.99. The molecule has 1 aromatic heterocycles. The summed E-state index contributed by atoms with van der Waals surface area (Å²) in [4.78, 5) is 44.7. The Balaban J connectivity index is 1.91. The molecule has 9 nitrogen and oxygen atoms in total. The van der Waals surface area contributed by atoms with Crippen LogP contribution in [0.5, 0.6) is 0 Å². The van der Waals surface area contributed by atoms with Crippen LogP contribution in [0, 0.1) is 5.92 Å². The summed E-state index contributed by atoms with van der Waals surface area (Å²) in [5.74, 6) is -3.02. The van der Waals surface area contributed by atoms with Crippen LogP contribution < -0.4 is 15.7 Å². The number of piperidine rings is 1. The Morgan fingerprint density at radius 3 is 2.61 bits per heavy atom. The SMILES string of the molecule is CNC(=O)c1csc(-c2ccccc2N(OC(=O)C(F)(F)F)C(=O)OCC2CCNCC2)n1. The number of halogens is 3. The lowest BCUT2D eigenvalue weighted by Crippen LogP contribution is -2.40. The van der Waals surface area contributed by atoms with E-state index >= 15 is 0 Å². The average molecular weight is 486 g/mol. The van der Waals surface area contributed by atoms with Gasteiger partial charge in [-0.05, 0) is 44.0 Å². The molecule has 2 N–H and O–H groups in total. The maximum Gasteiger partial charge on any atom is 0.493 e. The number of alkyl halides is 3. The van der Waals surface area contributed by atoms with E-state index in [1.807, 2.05) is 0 Å². The molecule has 0 spiro atoms. The average Bonchev–Trinajstić information content (AvgIpc) is 3.30. The number of nitrogens with one attached hydrogen (secondary N) is 2. The molecule has 1 aliphatic rings. The molecular formula is C20H21F3N4O5S. The fraction of sp³-hybridized carbons (Fsp3) is 0.400. The monoisotopic (exact) mass is 486 g/mol. The van der Waals surface area contributed by atoms with Crippen LogP contribution in [0.25, 0.3) is 10.6 Å². The first kappa shape index (κ1) is 24.5. The molecular weight excluding hydrogens is 465 g/mol. The predicted molar refractivity (Wildman–Crippen MR) is 113 cm³/mol. The van der Waals surface area contributed by atoms with E-state index in [4.69, 9.17) is 4.74 Å². The molecule has 0 bridgehead atoms. The highest BCUT2D eigenvalue weighted by atomic mass is 32.1. The fourth-order valence-corrected chi connectivity index (χ4v) is 3.91. The number of carbonyl (C=O) groups excluding carboxylic acids is 3. The molecule has 1 aromatic carbocycles. The highest BCUT2D eigenvalue weighted by molar-refractivity contribution is 7.13. The van der Waals surface area contributed by atoms with Crippen molar-refractivity contribution in [3.05, 3.63) is 35.3 Å². The normalized spacial score (nSPS) is 14.4. The van der Waals surface area contributed by atoms with E-state index in [2.05, 4.69) is 20.5 Å². The van der Waals surface area contributed by atoms with Crippen LogP contribution in [0.3, 0.4) is 0 Å². The Hall–Kier alpha value is -3.19. The number of amides is 2. The topological polar surface area (TPSA) is 110 Å². The van der Waals surface area contributed by atoms with Gasteiger partial charge in [0.2, 0.25) is 0 Å². The highest BCUT2D eigenvalue weighted by Crippen LogP contribution is 2.34. The van der Waals surface area contributed by atoms with E-state index < -0.39 is 24.1 Å². The van der Waals surface area contributed by atoms with Crippen LogP contribution in [0.2, 0.25) is 0 Å². The predicted octanol–water partition coefficient (Wildman–Crippen LogP) is 3.13. The van der Waals surface area contributed by atoms with Crippen LogP contribution in [-0.4, -0.2) is 55.9 Å². The molecule has 0 unspecified atom stereocenters. The number of carbonyl (C=O) groups is 3. The van der Waals surface area contributed by atoms with Gasteiger partial charge in [-0.2, -0.15) is 13.2 Å². The smallest absolute Gasteiger partial charge is 0.447 e. The first-order valence-corrected chi connectivity index (χ1v) is 10.8. The Morgan fingerprint density at radius 1 is 1.24 bits per heavy atom. The highest BCUT2D eigenvalue weighted by Gasteiger charge is 2.44. The van der Waals surface area contributed by atoms with Crippen molar-refractivity contribution < 1.29 is 37.1 Å². The molecule has 1 fully saturated rings. The van der Waals surface area contributed by atoms with Crippen molar-refractivity contribution >= 4 is 35.0 Å². The molecule has 0 aliphatic carbocycles. The lowest BCUT2D eigenvalue weighted by molar-refractivity contribution is -0.200. The molecule has 2 aromatic rings. The number of hydrogen-bond donors (Lipinski definition) is 2. The van der Waals surface area contributed by atoms with Crippen LogP contribution >= 0.6 is 11.3 Å². The quantitative estimate of drug-likeness (QED) is 0.625. The van der Waals surface area contributed by atoms with Crippen LogP contribution in [-0.2, 0) is 14.4 Å². The zero-order valence-corrected chi connectivity index (χ0v) is 18.3. The van der Waals surface area contributed by atoms with Crippen molar-refractivity contribution in [2.45, 2.75) is 19.0 Å². The van der Waals surface area contributed by atoms with Gasteiger partial charge in [0.15, 0.2) is 0 Å². The van der Waals surface area contributed by atoms with E-state index in [0.717, 1.165) is 37.3 Å². The Morgan fingerprint density at radius 2 is 1.94 bits per heavy atom. The lowest BCUT2D eigenvalue weighted by Gasteiger charge is -2.25. The van der Waals surface area contributed by atoms with Gasteiger partial charge in [0, 0.05) is 18.0 Å². The maximum atomic E-state index is 12.9. The second-order valence-corrected chi connectivity index (χ2v) is 7.93. The zero-order valence-electron chi connectivity index (χ0n) is 17.5. The van der Waals surface area contributed by atoms with Gasteiger partial charge in [-0.15, -0.1) is 16.4 Å². The molecule has 178 valence electrons. The molecule has 1 aliphatic heterocycles. The van der Waals surface area contributed by atoms with E-state index in [9.17, 15) is 27.6 Å². The number of anilines is 1. The van der Waals surface area contributed by atoms with Gasteiger partial charge in [-0.3, -0.25) is 4.79 Å². The molecule has 0 saturated carbocycles. The summed E-state index contributed by atoms with van der Waals surface area (Å²) >= 11 is 1.03. The molecule has 33 heavy (non-hydrogen) atoms. The van der Waals surface area contributed by atoms with Crippen molar-refractivity contribution in [2.24, 2.45) is 5.92 Å². The Kier molecular flexibility index (Phi) is 7.87. The molecule has 2 heterocycles. The maximum absolute atomic E-state index is 12.9. The number of thiazole rings is 1. The summed E-state index contributed by atoms with van der Waals surface area (Å²) < 4.78 is 43.9. The number of aromatic nitrogens is 1. The number of ether oxygens (including phenoxy) is 1. The zero-order chi connectivity index (χ0) is 24.0. The van der Waals surface area contributed by atoms with Gasteiger partial charge in [0.25, 0.3) is 5.91 Å². The molecule has 2 amide bonds. The van der Waals surface area contributed by atoms with Gasteiger partial charge < -0.3 is 20.2 Å². The van der Waals surface area contributed by atoms with Crippen LogP contribution in [0.1, 0.15) is 23.3 Å². The van der Waals surface area contributed by atoms with E-state index in [1.54, 1.807) is 6.07 Å². The van der Waals surface area contributed by atoms with Gasteiger partial charge in [0.05, 0.1) is 12.3 Å². The van der Waals surface area contributed by atoms with Gasteiger partial charge in [-0.1, -0.05) is 12.1 Å². The summed E-state index contributed by atoms with van der Waals surface area (Å²) in [6.45, 7) is 1.42. The summed E-state index contributed by atoms with van der Waals surface area (Å²) in [7, 11) is 1.42. The van der Waals surface area contributed by atoms with Crippen molar-refractivity contribution in [3.63, 3.8) is 0 Å². The van der Waals surface area contributed by atoms with E-state index in [0.29, 0.717) is 0 Å². The van der Waals surface area contributed by atoms with Crippen LogP contribution in [0.15, 0.2) is 29.6 Å². The first-order chi connectivity index (χ1) is 15.7. The third-order valence-corrected chi connectivity index (χ3v) is 5.67. The van der Waals surface area contributed by atoms with E-state index in [-0.39, 0.29) is 39.5 Å². The van der Waals surface area contributed by atoms with Crippen LogP contribution in [0.4, 0.5) is 23.7 Å². The first-order valence-electron chi connectivity index (χ1n) is 9.94. The number of hydrogen-bond acceptors (Lipinski definition) is 8. The summed E-state index contributed by atoms with van der Waals surface area (Å²) in [6.07, 6.45) is -5.15. The van der Waals surface area contributed by atoms with E-state index in [1.165, 1.54) is 30.6 Å². The number of hydroxylamine groups is 1. The number of rotatable bonds is 5. The molecule has 0 atom stereocenters. The van der Waals surface area contributed by atoms with Gasteiger partial charge in [0.1, 0.15) is 10.7 Å². The number of benzene rings is 1. The minimum absolute atomic E-state index is 0.0275. The van der Waals surface area contributed by atoms with Crippen molar-refractivity contribution in [1.29, 1.82) is 0 Å². The minimum atomic E-state index is -5.34. The van der Waals surface area contributed by atoms with Crippen molar-refractivity contribution in [3.8, 4) is 10.6 Å². The number of para-hydroxylation sites is 1. The Bertz CT molecular complexity index is 1010. The van der Waals surface area contributed by atoms with Crippen molar-refractivity contribution in [1.82, 2.24) is 15.6 Å². The summed E-state index contributed by atoms with van der Waals surface area (Å²) in [6, 6.07) is 5.76. The standard InChI is InChI=1S/C20H21F3N4O5S/c1-24-16(28)14-11-33-17(26-14)13-4-2-3-5-15(13)27(32-18(29)20(21,22)23)19(30)31-10-12-6-8-25-9-7-12/h2-5,11-12,25H,6-10H2,1H3,(H,24,28). The molecule has 3 rings (SSSR count). The van der Waals surface area contributed by atoms with Crippen molar-refractivity contribution in [2.75, 3.05) is 31.8 Å². The summed E-state index contributed by atoms with van der Waals surface area (Å²) in [5.41, 5.74) is 0.0642. The van der Waals surface area contributed by atoms with Gasteiger partial charge in [-0.25, -0.2) is 14.6 Å². The summed E-state index contributed by atoms with van der Waals surface area (Å²) in [5, 5.41) is 7.42. The third-order valence-electron chi connectivity index (χ3n) is 4.79. The second-order valence-electron chi connectivity index (χ2n) is 7.08. The second kappa shape index (κ2) is 10.6. The molecule has 0 radical (unpaired) electrons. The number of nitrogens with zero attached hydrogens (tertiary/aromatic N) is 2. The largest absolute Gasteiger partial charge is 0.493 e. The molecule has 1 saturated heterocycles. The Labute approximate surface area is 190 Å². The van der Waals surface area contributed by atoms with Gasteiger partial charge >= 0.3 is 18.2 Å². The third kappa shape index (κ3) is 6.20. The fourth-order valence-electron chi connectivity index (χ4n) is 3.08.